The molecule has 19 heavy (non-hydrogen) atoms. The highest BCUT2D eigenvalue weighted by molar-refractivity contribution is 9.10. The van der Waals surface area contributed by atoms with E-state index in [-0.39, 0.29) is 16.1 Å². The second-order valence-electron chi connectivity index (χ2n) is 5.07. The van der Waals surface area contributed by atoms with Crippen LogP contribution >= 0.6 is 15.9 Å². The van der Waals surface area contributed by atoms with Crippen LogP contribution in [0.3, 0.4) is 0 Å². The van der Waals surface area contributed by atoms with E-state index >= 15 is 0 Å². The van der Waals surface area contributed by atoms with E-state index in [4.69, 9.17) is 11.1 Å². The third-order valence-electron chi connectivity index (χ3n) is 3.71. The van der Waals surface area contributed by atoms with Crippen LogP contribution in [0.15, 0.2) is 16.6 Å². The smallest absolute Gasteiger partial charge is 0.161 e. The minimum atomic E-state index is -0.318. The van der Waals surface area contributed by atoms with Crippen LogP contribution < -0.4 is 10.6 Å². The summed E-state index contributed by atoms with van der Waals surface area (Å²) in [6.07, 6.45) is 4.59. The van der Waals surface area contributed by atoms with Gasteiger partial charge in [-0.05, 0) is 47.8 Å². The van der Waals surface area contributed by atoms with Crippen LogP contribution in [0.1, 0.15) is 38.2 Å². The van der Waals surface area contributed by atoms with Crippen LogP contribution in [0, 0.1) is 11.2 Å². The fraction of sp³-hybridized carbons (Fsp3) is 0.500. The van der Waals surface area contributed by atoms with Gasteiger partial charge in [-0.25, -0.2) is 4.39 Å². The molecule has 0 aliphatic carbocycles. The molecule has 3 nitrogen and oxygen atoms in total. The Morgan fingerprint density at radius 1 is 1.42 bits per heavy atom. The van der Waals surface area contributed by atoms with Crippen molar-refractivity contribution in [3.63, 3.8) is 0 Å². The lowest BCUT2D eigenvalue weighted by Gasteiger charge is -2.30. The molecule has 1 aromatic carbocycles. The van der Waals surface area contributed by atoms with E-state index in [2.05, 4.69) is 27.8 Å². The van der Waals surface area contributed by atoms with E-state index in [0.717, 1.165) is 19.4 Å². The van der Waals surface area contributed by atoms with Crippen molar-refractivity contribution in [2.45, 2.75) is 38.6 Å². The molecule has 0 bridgehead atoms. The molecule has 0 aromatic heterocycles. The summed E-state index contributed by atoms with van der Waals surface area (Å²) in [7, 11) is 0. The third kappa shape index (κ3) is 2.91. The monoisotopic (exact) mass is 327 g/mol. The van der Waals surface area contributed by atoms with Gasteiger partial charge in [0.25, 0.3) is 0 Å². The number of hydrogen-bond donors (Lipinski definition) is 2. The lowest BCUT2D eigenvalue weighted by molar-refractivity contribution is 0.577. The molecule has 1 unspecified atom stereocenters. The first kappa shape index (κ1) is 14.3. The zero-order valence-corrected chi connectivity index (χ0v) is 12.6. The average molecular weight is 328 g/mol. The molecule has 0 radical (unpaired) electrons. The summed E-state index contributed by atoms with van der Waals surface area (Å²) in [5.74, 6) is -0.442. The molecular formula is C14H19BrFN3. The van der Waals surface area contributed by atoms with Crippen LogP contribution in [0.2, 0.25) is 0 Å². The van der Waals surface area contributed by atoms with E-state index in [1.54, 1.807) is 12.1 Å². The third-order valence-corrected chi connectivity index (χ3v) is 4.49. The molecule has 1 aliphatic rings. The summed E-state index contributed by atoms with van der Waals surface area (Å²) >= 11 is 3.22. The number of rotatable bonds is 2. The van der Waals surface area contributed by atoms with Crippen molar-refractivity contribution in [3.8, 4) is 0 Å². The second kappa shape index (κ2) is 5.90. The summed E-state index contributed by atoms with van der Waals surface area (Å²) in [6.45, 7) is 3.02. The number of nitrogen functional groups attached to an aromatic ring is 1. The lowest BCUT2D eigenvalue weighted by Crippen LogP contribution is -2.33. The summed E-state index contributed by atoms with van der Waals surface area (Å²) in [5, 5.41) is 7.43. The van der Waals surface area contributed by atoms with Gasteiger partial charge in [0.15, 0.2) is 5.82 Å². The van der Waals surface area contributed by atoms with E-state index < -0.39 is 0 Å². The fourth-order valence-electron chi connectivity index (χ4n) is 2.60. The maximum absolute atomic E-state index is 14.5. The van der Waals surface area contributed by atoms with E-state index in [9.17, 15) is 4.39 Å². The predicted molar refractivity (Wildman–Crippen MR) is 80.4 cm³/mol. The molecule has 0 saturated carbocycles. The summed E-state index contributed by atoms with van der Waals surface area (Å²) in [4.78, 5) is 2.12. The normalized spacial score (nSPS) is 20.2. The molecule has 104 valence electrons. The van der Waals surface area contributed by atoms with Gasteiger partial charge in [-0.2, -0.15) is 0 Å². The van der Waals surface area contributed by atoms with Crippen LogP contribution in [0.5, 0.6) is 0 Å². The first-order chi connectivity index (χ1) is 9.02. The number of hydrogen-bond acceptors (Lipinski definition) is 2. The van der Waals surface area contributed by atoms with Crippen molar-refractivity contribution in [2.24, 2.45) is 5.73 Å². The van der Waals surface area contributed by atoms with E-state index in [0.29, 0.717) is 17.3 Å². The Labute approximate surface area is 121 Å². The highest BCUT2D eigenvalue weighted by Gasteiger charge is 2.22. The zero-order chi connectivity index (χ0) is 14.0. The topological polar surface area (TPSA) is 53.1 Å². The van der Waals surface area contributed by atoms with E-state index in [1.165, 1.54) is 12.8 Å². The number of nitrogens with one attached hydrogen (secondary N) is 1. The molecule has 2 rings (SSSR count). The Balaban J connectivity index is 2.39. The number of halogens is 2. The Bertz CT molecular complexity index is 490. The van der Waals surface area contributed by atoms with Crippen LogP contribution in [0.25, 0.3) is 0 Å². The standard InChI is InChI=1S/C14H19BrFN3/c1-9-5-3-2-4-8-19(9)11-7-6-10(14(17)18)12(15)13(11)16/h6-7,9H,2-5,8H2,1H3,(H3,17,18). The molecule has 1 heterocycles. The van der Waals surface area contributed by atoms with Crippen LogP contribution in [-0.2, 0) is 0 Å². The van der Waals surface area contributed by atoms with E-state index in [1.807, 2.05) is 0 Å². The van der Waals surface area contributed by atoms with Crippen molar-refractivity contribution in [1.29, 1.82) is 5.41 Å². The molecule has 1 fully saturated rings. The van der Waals surface area contributed by atoms with Crippen LogP contribution in [0.4, 0.5) is 10.1 Å². The minimum Gasteiger partial charge on any atom is -0.384 e. The lowest BCUT2D eigenvalue weighted by atomic mass is 10.1. The Kier molecular flexibility index (Phi) is 4.45. The van der Waals surface area contributed by atoms with Gasteiger partial charge in [-0.3, -0.25) is 5.41 Å². The second-order valence-corrected chi connectivity index (χ2v) is 5.86. The first-order valence-corrected chi connectivity index (χ1v) is 7.40. The number of nitrogens with two attached hydrogens (primary N) is 1. The SMILES string of the molecule is CC1CCCCCN1c1ccc(C(=N)N)c(Br)c1F. The minimum absolute atomic E-state index is 0.124. The number of nitrogens with zero attached hydrogens (tertiary/aromatic N) is 1. The highest BCUT2D eigenvalue weighted by Crippen LogP contribution is 2.32. The number of anilines is 1. The molecule has 5 heteroatoms. The maximum atomic E-state index is 14.5. The summed E-state index contributed by atoms with van der Waals surface area (Å²) < 4.78 is 14.8. The molecule has 1 aliphatic heterocycles. The van der Waals surface area contributed by atoms with Gasteiger partial charge >= 0.3 is 0 Å². The largest absolute Gasteiger partial charge is 0.384 e. The number of amidine groups is 1. The molecule has 1 aromatic rings. The molecule has 1 saturated heterocycles. The summed E-state index contributed by atoms with van der Waals surface area (Å²) in [6, 6.07) is 3.79. The van der Waals surface area contributed by atoms with Crippen molar-refractivity contribution in [3.05, 3.63) is 28.0 Å². The van der Waals surface area contributed by atoms with Crippen molar-refractivity contribution in [2.75, 3.05) is 11.4 Å². The summed E-state index contributed by atoms with van der Waals surface area (Å²) in [5.41, 5.74) is 6.45. The van der Waals surface area contributed by atoms with Gasteiger partial charge in [0.05, 0.1) is 10.2 Å². The van der Waals surface area contributed by atoms with Gasteiger partial charge in [-0.1, -0.05) is 12.8 Å². The molecule has 0 spiro atoms. The highest BCUT2D eigenvalue weighted by atomic mass is 79.9. The van der Waals surface area contributed by atoms with Gasteiger partial charge in [0.1, 0.15) is 5.84 Å². The van der Waals surface area contributed by atoms with Gasteiger partial charge in [-0.15, -0.1) is 0 Å². The maximum Gasteiger partial charge on any atom is 0.161 e. The number of benzene rings is 1. The predicted octanol–water partition coefficient (Wildman–Crippen LogP) is 3.64. The molecule has 3 N–H and O–H groups in total. The van der Waals surface area contributed by atoms with Crippen LogP contribution in [-0.4, -0.2) is 18.4 Å². The fourth-order valence-corrected chi connectivity index (χ4v) is 3.15. The van der Waals surface area contributed by atoms with Crippen molar-refractivity contribution >= 4 is 27.5 Å². The Morgan fingerprint density at radius 2 is 2.16 bits per heavy atom. The first-order valence-electron chi connectivity index (χ1n) is 6.61. The molecule has 0 amide bonds. The Morgan fingerprint density at radius 3 is 2.84 bits per heavy atom. The van der Waals surface area contributed by atoms with Crippen molar-refractivity contribution in [1.82, 2.24) is 0 Å². The molecule has 1 atom stereocenters. The Hall–Kier alpha value is -1.10. The van der Waals surface area contributed by atoms with Gasteiger partial charge in [0.2, 0.25) is 0 Å². The quantitative estimate of drug-likeness (QED) is 0.643. The van der Waals surface area contributed by atoms with Gasteiger partial charge in [0, 0.05) is 18.2 Å². The zero-order valence-electron chi connectivity index (χ0n) is 11.0. The molecular weight excluding hydrogens is 309 g/mol. The average Bonchev–Trinajstić information content (AvgIpc) is 2.57. The van der Waals surface area contributed by atoms with Crippen molar-refractivity contribution < 1.29 is 4.39 Å². The van der Waals surface area contributed by atoms with Gasteiger partial charge < -0.3 is 10.6 Å².